The third-order valence-corrected chi connectivity index (χ3v) is 4.52. The highest BCUT2D eigenvalue weighted by atomic mass is 16.3. The molecule has 2 rings (SSSR count). The van der Waals surface area contributed by atoms with E-state index in [1.807, 2.05) is 49.1 Å². The summed E-state index contributed by atoms with van der Waals surface area (Å²) in [6.45, 7) is 4.53. The summed E-state index contributed by atoms with van der Waals surface area (Å²) in [5.74, 6) is -0.0489. The standard InChI is InChI=1S/C17H26N2O2/c1-12(13(2)18)17(21)19-10-6-9-15(19)11-16(20)14-7-4-3-5-8-14/h3-5,7-8,12-13,15-16,20H,6,9-11,18H2,1-2H3. The van der Waals surface area contributed by atoms with E-state index in [0.717, 1.165) is 24.9 Å². The maximum Gasteiger partial charge on any atom is 0.227 e. The number of carbonyl (C=O) groups is 1. The van der Waals surface area contributed by atoms with Gasteiger partial charge in [-0.2, -0.15) is 0 Å². The molecule has 116 valence electrons. The minimum atomic E-state index is -0.518. The van der Waals surface area contributed by atoms with E-state index >= 15 is 0 Å². The molecule has 4 nitrogen and oxygen atoms in total. The Morgan fingerprint density at radius 1 is 1.38 bits per heavy atom. The van der Waals surface area contributed by atoms with Crippen LogP contribution in [0.25, 0.3) is 0 Å². The molecule has 1 aliphatic rings. The third kappa shape index (κ3) is 3.83. The van der Waals surface area contributed by atoms with Crippen molar-refractivity contribution in [2.75, 3.05) is 6.54 Å². The lowest BCUT2D eigenvalue weighted by Gasteiger charge is -2.30. The number of likely N-dealkylation sites (tertiary alicyclic amines) is 1. The van der Waals surface area contributed by atoms with E-state index in [9.17, 15) is 9.90 Å². The van der Waals surface area contributed by atoms with Crippen LogP contribution in [0.1, 0.15) is 44.8 Å². The van der Waals surface area contributed by atoms with Gasteiger partial charge in [0, 0.05) is 18.6 Å². The second-order valence-corrected chi connectivity index (χ2v) is 6.14. The largest absolute Gasteiger partial charge is 0.388 e. The molecule has 0 aliphatic carbocycles. The van der Waals surface area contributed by atoms with Gasteiger partial charge in [0.15, 0.2) is 0 Å². The molecule has 0 radical (unpaired) electrons. The van der Waals surface area contributed by atoms with Gasteiger partial charge in [0.25, 0.3) is 0 Å². The molecule has 0 spiro atoms. The first-order chi connectivity index (χ1) is 10.0. The molecule has 1 fully saturated rings. The van der Waals surface area contributed by atoms with Crippen molar-refractivity contribution in [1.29, 1.82) is 0 Å². The lowest BCUT2D eigenvalue weighted by Crippen LogP contribution is -2.44. The summed E-state index contributed by atoms with van der Waals surface area (Å²) in [5, 5.41) is 10.4. The van der Waals surface area contributed by atoms with E-state index in [1.54, 1.807) is 0 Å². The number of rotatable bonds is 5. The van der Waals surface area contributed by atoms with Gasteiger partial charge in [-0.1, -0.05) is 37.3 Å². The predicted octanol–water partition coefficient (Wildman–Crippen LogP) is 2.08. The Kier molecular flexibility index (Phi) is 5.37. The van der Waals surface area contributed by atoms with Gasteiger partial charge in [-0.05, 0) is 31.7 Å². The van der Waals surface area contributed by atoms with Gasteiger partial charge in [-0.25, -0.2) is 0 Å². The fourth-order valence-electron chi connectivity index (χ4n) is 2.93. The van der Waals surface area contributed by atoms with Crippen LogP contribution in [0.3, 0.4) is 0 Å². The molecule has 4 unspecified atom stereocenters. The molecule has 0 saturated carbocycles. The molecular formula is C17H26N2O2. The Hall–Kier alpha value is -1.39. The highest BCUT2D eigenvalue weighted by Crippen LogP contribution is 2.28. The highest BCUT2D eigenvalue weighted by Gasteiger charge is 2.33. The normalized spacial score (nSPS) is 22.9. The van der Waals surface area contributed by atoms with Crippen LogP contribution >= 0.6 is 0 Å². The fourth-order valence-corrected chi connectivity index (χ4v) is 2.93. The zero-order chi connectivity index (χ0) is 15.4. The third-order valence-electron chi connectivity index (χ3n) is 4.52. The molecule has 0 aromatic heterocycles. The lowest BCUT2D eigenvalue weighted by molar-refractivity contribution is -0.136. The van der Waals surface area contributed by atoms with Gasteiger partial charge in [0.05, 0.1) is 12.0 Å². The molecule has 1 aromatic rings. The van der Waals surface area contributed by atoms with Crippen LogP contribution in [0.15, 0.2) is 30.3 Å². The molecule has 0 bridgehead atoms. The zero-order valence-corrected chi connectivity index (χ0v) is 12.9. The summed E-state index contributed by atoms with van der Waals surface area (Å²) >= 11 is 0. The van der Waals surface area contributed by atoms with E-state index in [0.29, 0.717) is 6.42 Å². The van der Waals surface area contributed by atoms with Gasteiger partial charge >= 0.3 is 0 Å². The number of benzene rings is 1. The number of amides is 1. The van der Waals surface area contributed by atoms with Crippen LogP contribution < -0.4 is 5.73 Å². The smallest absolute Gasteiger partial charge is 0.227 e. The lowest BCUT2D eigenvalue weighted by atomic mass is 9.98. The van der Waals surface area contributed by atoms with Crippen molar-refractivity contribution in [1.82, 2.24) is 4.90 Å². The van der Waals surface area contributed by atoms with Crippen LogP contribution in [-0.4, -0.2) is 34.5 Å². The van der Waals surface area contributed by atoms with Crippen LogP contribution in [0.5, 0.6) is 0 Å². The van der Waals surface area contributed by atoms with Crippen molar-refractivity contribution >= 4 is 5.91 Å². The Balaban J connectivity index is 2.01. The number of aliphatic hydroxyl groups is 1. The first-order valence-electron chi connectivity index (χ1n) is 7.79. The average molecular weight is 290 g/mol. The van der Waals surface area contributed by atoms with Crippen molar-refractivity contribution in [3.05, 3.63) is 35.9 Å². The van der Waals surface area contributed by atoms with Crippen LogP contribution in [0, 0.1) is 5.92 Å². The van der Waals surface area contributed by atoms with Crippen molar-refractivity contribution in [3.8, 4) is 0 Å². The Morgan fingerprint density at radius 2 is 2.05 bits per heavy atom. The summed E-state index contributed by atoms with van der Waals surface area (Å²) < 4.78 is 0. The first kappa shape index (κ1) is 16.0. The summed E-state index contributed by atoms with van der Waals surface area (Å²) in [7, 11) is 0. The van der Waals surface area contributed by atoms with Crippen LogP contribution in [0.4, 0.5) is 0 Å². The first-order valence-corrected chi connectivity index (χ1v) is 7.79. The van der Waals surface area contributed by atoms with Crippen LogP contribution in [-0.2, 0) is 4.79 Å². The minimum absolute atomic E-state index is 0.118. The molecule has 3 N–H and O–H groups in total. The molecular weight excluding hydrogens is 264 g/mol. The Bertz CT molecular complexity index is 461. The SMILES string of the molecule is CC(N)C(C)C(=O)N1CCCC1CC(O)c1ccccc1. The van der Waals surface area contributed by atoms with E-state index in [4.69, 9.17) is 5.73 Å². The number of hydrogen-bond donors (Lipinski definition) is 2. The van der Waals surface area contributed by atoms with Crippen molar-refractivity contribution in [3.63, 3.8) is 0 Å². The van der Waals surface area contributed by atoms with E-state index in [1.165, 1.54) is 0 Å². The molecule has 1 aromatic carbocycles. The average Bonchev–Trinajstić information content (AvgIpc) is 2.94. The molecule has 1 saturated heterocycles. The van der Waals surface area contributed by atoms with Gasteiger partial charge in [-0.15, -0.1) is 0 Å². The number of aliphatic hydroxyl groups excluding tert-OH is 1. The number of nitrogens with two attached hydrogens (primary N) is 1. The molecule has 4 atom stereocenters. The van der Waals surface area contributed by atoms with E-state index in [2.05, 4.69) is 0 Å². The number of hydrogen-bond acceptors (Lipinski definition) is 3. The maximum atomic E-state index is 12.5. The fraction of sp³-hybridized carbons (Fsp3) is 0.588. The van der Waals surface area contributed by atoms with Gasteiger partial charge in [0.2, 0.25) is 5.91 Å². The number of nitrogens with zero attached hydrogens (tertiary/aromatic N) is 1. The predicted molar refractivity (Wildman–Crippen MR) is 83.6 cm³/mol. The molecule has 4 heteroatoms. The van der Waals surface area contributed by atoms with Crippen molar-refractivity contribution in [2.45, 2.75) is 51.3 Å². The van der Waals surface area contributed by atoms with Crippen molar-refractivity contribution in [2.24, 2.45) is 11.7 Å². The summed E-state index contributed by atoms with van der Waals surface area (Å²) in [5.41, 5.74) is 6.76. The van der Waals surface area contributed by atoms with Gasteiger partial charge < -0.3 is 15.7 Å². The van der Waals surface area contributed by atoms with E-state index in [-0.39, 0.29) is 23.9 Å². The monoisotopic (exact) mass is 290 g/mol. The van der Waals surface area contributed by atoms with Crippen LogP contribution in [0.2, 0.25) is 0 Å². The van der Waals surface area contributed by atoms with E-state index < -0.39 is 6.10 Å². The Labute approximate surface area is 126 Å². The van der Waals surface area contributed by atoms with Crippen molar-refractivity contribution < 1.29 is 9.90 Å². The second-order valence-electron chi connectivity index (χ2n) is 6.14. The topological polar surface area (TPSA) is 66.6 Å². The highest BCUT2D eigenvalue weighted by molar-refractivity contribution is 5.79. The minimum Gasteiger partial charge on any atom is -0.388 e. The summed E-state index contributed by atoms with van der Waals surface area (Å²) in [6, 6.07) is 9.62. The molecule has 1 aliphatic heterocycles. The maximum absolute atomic E-state index is 12.5. The molecule has 1 heterocycles. The summed E-state index contributed by atoms with van der Waals surface area (Å²) in [6.07, 6.45) is 2.04. The summed E-state index contributed by atoms with van der Waals surface area (Å²) in [4.78, 5) is 14.4. The second kappa shape index (κ2) is 7.05. The quantitative estimate of drug-likeness (QED) is 0.872. The zero-order valence-electron chi connectivity index (χ0n) is 12.9. The molecule has 21 heavy (non-hydrogen) atoms. The molecule has 1 amide bonds. The Morgan fingerprint density at radius 3 is 2.67 bits per heavy atom. The van der Waals surface area contributed by atoms with Gasteiger partial charge in [-0.3, -0.25) is 4.79 Å². The number of carbonyl (C=O) groups excluding carboxylic acids is 1. The van der Waals surface area contributed by atoms with Gasteiger partial charge in [0.1, 0.15) is 0 Å².